The predicted molar refractivity (Wildman–Crippen MR) is 69.7 cm³/mol. The van der Waals surface area contributed by atoms with Crippen molar-refractivity contribution < 1.29 is 23.8 Å². The van der Waals surface area contributed by atoms with Crippen molar-refractivity contribution in [2.45, 2.75) is 13.3 Å². The van der Waals surface area contributed by atoms with E-state index >= 15 is 0 Å². The molecular weight excluding hydrogens is 262 g/mol. The summed E-state index contributed by atoms with van der Waals surface area (Å²) in [6.45, 7) is 2.62. The van der Waals surface area contributed by atoms with Crippen molar-refractivity contribution in [3.8, 4) is 11.5 Å². The maximum Gasteiger partial charge on any atom is 0.311 e. The number of benzene rings is 1. The predicted octanol–water partition coefficient (Wildman–Crippen LogP) is 1.33. The summed E-state index contributed by atoms with van der Waals surface area (Å²) in [4.78, 5) is 25.3. The molecule has 1 amide bonds. The van der Waals surface area contributed by atoms with Gasteiger partial charge in [-0.3, -0.25) is 9.59 Å². The second-order valence-corrected chi connectivity index (χ2v) is 4.70. The maximum absolute atomic E-state index is 12.0. The van der Waals surface area contributed by atoms with E-state index in [2.05, 4.69) is 0 Å². The summed E-state index contributed by atoms with van der Waals surface area (Å²) in [6, 6.07) is 5.31. The summed E-state index contributed by atoms with van der Waals surface area (Å²) in [6.07, 6.45) is 0.188. The quantitative estimate of drug-likeness (QED) is 0.780. The van der Waals surface area contributed by atoms with E-state index in [0.29, 0.717) is 30.3 Å². The van der Waals surface area contributed by atoms with Gasteiger partial charge in [0.05, 0.1) is 12.5 Å². The molecule has 1 saturated heterocycles. The van der Waals surface area contributed by atoms with Gasteiger partial charge in [0, 0.05) is 24.7 Å². The Balaban J connectivity index is 1.77. The Kier molecular flexibility index (Phi) is 3.22. The van der Waals surface area contributed by atoms with Crippen LogP contribution in [0.25, 0.3) is 0 Å². The first kappa shape index (κ1) is 12.8. The molecule has 1 atom stereocenters. The van der Waals surface area contributed by atoms with Crippen LogP contribution in [-0.2, 0) is 14.3 Å². The number of fused-ring (bicyclic) bond motifs is 1. The number of esters is 1. The smallest absolute Gasteiger partial charge is 0.311 e. The molecule has 1 aromatic carbocycles. The van der Waals surface area contributed by atoms with Gasteiger partial charge < -0.3 is 19.1 Å². The van der Waals surface area contributed by atoms with Crippen LogP contribution >= 0.6 is 0 Å². The summed E-state index contributed by atoms with van der Waals surface area (Å²) in [5, 5.41) is 0. The number of nitrogens with zero attached hydrogens (tertiary/aromatic N) is 1. The van der Waals surface area contributed by atoms with Crippen LogP contribution in [0.4, 0.5) is 5.69 Å². The standard InChI is InChI=1S/C14H15NO5/c1-2-18-14(17)9-5-13(16)15(7-9)10-3-4-11-12(6-10)20-8-19-11/h3-4,6,9H,2,5,7-8H2,1H3/t9-/m1/s1. The average Bonchev–Trinajstić information content (AvgIpc) is 3.04. The van der Waals surface area contributed by atoms with Crippen LogP contribution in [0.1, 0.15) is 13.3 Å². The molecule has 1 fully saturated rings. The highest BCUT2D eigenvalue weighted by molar-refractivity contribution is 5.99. The lowest BCUT2D eigenvalue weighted by molar-refractivity contribution is -0.147. The SMILES string of the molecule is CCOC(=O)[C@@H]1CC(=O)N(c2ccc3c(c2)OCO3)C1. The molecule has 0 spiro atoms. The Morgan fingerprint density at radius 2 is 2.20 bits per heavy atom. The van der Waals surface area contributed by atoms with Crippen molar-refractivity contribution in [1.29, 1.82) is 0 Å². The molecular formula is C14H15NO5. The first-order chi connectivity index (χ1) is 9.69. The Morgan fingerprint density at radius 3 is 3.00 bits per heavy atom. The summed E-state index contributed by atoms with van der Waals surface area (Å²) < 4.78 is 15.5. The molecule has 2 heterocycles. The highest BCUT2D eigenvalue weighted by Crippen LogP contribution is 2.37. The first-order valence-electron chi connectivity index (χ1n) is 6.55. The number of amides is 1. The van der Waals surface area contributed by atoms with E-state index in [0.717, 1.165) is 0 Å². The van der Waals surface area contributed by atoms with Crippen LogP contribution in [0.5, 0.6) is 11.5 Å². The Labute approximate surface area is 116 Å². The van der Waals surface area contributed by atoms with Crippen LogP contribution < -0.4 is 14.4 Å². The van der Waals surface area contributed by atoms with Crippen LogP contribution in [-0.4, -0.2) is 31.8 Å². The largest absolute Gasteiger partial charge is 0.466 e. The highest BCUT2D eigenvalue weighted by atomic mass is 16.7. The van der Waals surface area contributed by atoms with Crippen molar-refractivity contribution in [1.82, 2.24) is 0 Å². The normalized spacial score (nSPS) is 20.4. The molecule has 0 saturated carbocycles. The van der Waals surface area contributed by atoms with Gasteiger partial charge in [-0.05, 0) is 19.1 Å². The summed E-state index contributed by atoms with van der Waals surface area (Å²) in [7, 11) is 0. The Bertz CT molecular complexity index is 556. The zero-order valence-corrected chi connectivity index (χ0v) is 11.1. The van der Waals surface area contributed by atoms with Gasteiger partial charge in [0.25, 0.3) is 0 Å². The third-order valence-electron chi connectivity index (χ3n) is 3.41. The lowest BCUT2D eigenvalue weighted by Crippen LogP contribution is -2.26. The Morgan fingerprint density at radius 1 is 1.40 bits per heavy atom. The van der Waals surface area contributed by atoms with Crippen LogP contribution in [0.2, 0.25) is 0 Å². The number of carbonyl (C=O) groups excluding carboxylic acids is 2. The molecule has 6 heteroatoms. The minimum absolute atomic E-state index is 0.0816. The minimum atomic E-state index is -0.395. The molecule has 0 unspecified atom stereocenters. The fourth-order valence-corrected chi connectivity index (χ4v) is 2.43. The van der Waals surface area contributed by atoms with E-state index in [4.69, 9.17) is 14.2 Å². The van der Waals surface area contributed by atoms with Crippen LogP contribution in [0.15, 0.2) is 18.2 Å². The number of carbonyl (C=O) groups is 2. The molecule has 1 aromatic rings. The third kappa shape index (κ3) is 2.17. The van der Waals surface area contributed by atoms with Gasteiger partial charge in [0.2, 0.25) is 12.7 Å². The molecule has 0 aromatic heterocycles. The van der Waals surface area contributed by atoms with Gasteiger partial charge in [-0.25, -0.2) is 0 Å². The molecule has 2 aliphatic rings. The van der Waals surface area contributed by atoms with Gasteiger partial charge in [-0.15, -0.1) is 0 Å². The van der Waals surface area contributed by atoms with E-state index in [9.17, 15) is 9.59 Å². The van der Waals surface area contributed by atoms with Gasteiger partial charge in [0.1, 0.15) is 0 Å². The highest BCUT2D eigenvalue weighted by Gasteiger charge is 2.36. The molecule has 0 N–H and O–H groups in total. The molecule has 2 aliphatic heterocycles. The Hall–Kier alpha value is -2.24. The second-order valence-electron chi connectivity index (χ2n) is 4.70. The number of ether oxygens (including phenoxy) is 3. The molecule has 20 heavy (non-hydrogen) atoms. The molecule has 6 nitrogen and oxygen atoms in total. The van der Waals surface area contributed by atoms with Crippen molar-refractivity contribution >= 4 is 17.6 Å². The molecule has 0 bridgehead atoms. The summed E-state index contributed by atoms with van der Waals surface area (Å²) >= 11 is 0. The molecule has 3 rings (SSSR count). The van der Waals surface area contributed by atoms with Crippen molar-refractivity contribution in [2.75, 3.05) is 24.8 Å². The third-order valence-corrected chi connectivity index (χ3v) is 3.41. The van der Waals surface area contributed by atoms with E-state index in [1.54, 1.807) is 30.0 Å². The number of rotatable bonds is 3. The van der Waals surface area contributed by atoms with Gasteiger partial charge in [-0.1, -0.05) is 0 Å². The fourth-order valence-electron chi connectivity index (χ4n) is 2.43. The van der Waals surface area contributed by atoms with Crippen LogP contribution in [0, 0.1) is 5.92 Å². The lowest BCUT2D eigenvalue weighted by atomic mass is 10.1. The zero-order valence-electron chi connectivity index (χ0n) is 11.1. The topological polar surface area (TPSA) is 65.1 Å². The van der Waals surface area contributed by atoms with Gasteiger partial charge >= 0.3 is 5.97 Å². The van der Waals surface area contributed by atoms with Gasteiger partial charge in [0.15, 0.2) is 11.5 Å². The van der Waals surface area contributed by atoms with Crippen LogP contribution in [0.3, 0.4) is 0 Å². The van der Waals surface area contributed by atoms with Gasteiger partial charge in [-0.2, -0.15) is 0 Å². The number of hydrogen-bond donors (Lipinski definition) is 0. The van der Waals surface area contributed by atoms with Crippen molar-refractivity contribution in [3.63, 3.8) is 0 Å². The van der Waals surface area contributed by atoms with Crippen molar-refractivity contribution in [2.24, 2.45) is 5.92 Å². The van der Waals surface area contributed by atoms with E-state index in [1.165, 1.54) is 0 Å². The first-order valence-corrected chi connectivity index (χ1v) is 6.55. The number of hydrogen-bond acceptors (Lipinski definition) is 5. The van der Waals surface area contributed by atoms with E-state index < -0.39 is 5.92 Å². The lowest BCUT2D eigenvalue weighted by Gasteiger charge is -2.16. The number of anilines is 1. The average molecular weight is 277 g/mol. The molecule has 0 aliphatic carbocycles. The summed E-state index contributed by atoms with van der Waals surface area (Å²) in [5.74, 6) is 0.496. The minimum Gasteiger partial charge on any atom is -0.466 e. The second kappa shape index (κ2) is 5.03. The fraction of sp³-hybridized carbons (Fsp3) is 0.429. The molecule has 0 radical (unpaired) electrons. The maximum atomic E-state index is 12.0. The zero-order chi connectivity index (χ0) is 14.1. The van der Waals surface area contributed by atoms with E-state index in [-0.39, 0.29) is 25.1 Å². The summed E-state index contributed by atoms with van der Waals surface area (Å²) in [5.41, 5.74) is 0.714. The van der Waals surface area contributed by atoms with Crippen molar-refractivity contribution in [3.05, 3.63) is 18.2 Å². The molecule has 106 valence electrons. The monoisotopic (exact) mass is 277 g/mol. The van der Waals surface area contributed by atoms with E-state index in [1.807, 2.05) is 0 Å².